The van der Waals surface area contributed by atoms with E-state index in [9.17, 15) is 0 Å². The van der Waals surface area contributed by atoms with Crippen LogP contribution in [0.5, 0.6) is 0 Å². The van der Waals surface area contributed by atoms with Gasteiger partial charge in [0.05, 0.1) is 13.2 Å². The van der Waals surface area contributed by atoms with Gasteiger partial charge in [-0.2, -0.15) is 0 Å². The highest BCUT2D eigenvalue weighted by Gasteiger charge is 2.18. The maximum absolute atomic E-state index is 5.36. The molecule has 1 aliphatic heterocycles. The standard InChI is InChI=1S/C11H13N5OS/c1-18-11-14-9-8(12-2-3-13-9)10(15-11)16-4-6-17-7-5-16/h2-3H,4-7H2,1H3. The molecule has 18 heavy (non-hydrogen) atoms. The van der Waals surface area contributed by atoms with Crippen molar-refractivity contribution in [3.63, 3.8) is 0 Å². The minimum Gasteiger partial charge on any atom is -0.378 e. The lowest BCUT2D eigenvalue weighted by Crippen LogP contribution is -2.37. The first kappa shape index (κ1) is 11.6. The zero-order chi connectivity index (χ0) is 12.4. The van der Waals surface area contributed by atoms with Gasteiger partial charge in [0.15, 0.2) is 22.1 Å². The summed E-state index contributed by atoms with van der Waals surface area (Å²) in [5.74, 6) is 0.862. The van der Waals surface area contributed by atoms with E-state index in [1.165, 1.54) is 11.8 Å². The molecule has 0 aromatic carbocycles. The zero-order valence-electron chi connectivity index (χ0n) is 10.0. The van der Waals surface area contributed by atoms with Crippen LogP contribution in [-0.2, 0) is 4.74 Å². The van der Waals surface area contributed by atoms with Crippen molar-refractivity contribution in [1.82, 2.24) is 19.9 Å². The van der Waals surface area contributed by atoms with Crippen molar-refractivity contribution < 1.29 is 4.74 Å². The fraction of sp³-hybridized carbons (Fsp3) is 0.455. The molecule has 3 heterocycles. The molecule has 0 atom stereocenters. The summed E-state index contributed by atoms with van der Waals surface area (Å²) in [6.45, 7) is 3.10. The van der Waals surface area contributed by atoms with Crippen molar-refractivity contribution in [2.24, 2.45) is 0 Å². The van der Waals surface area contributed by atoms with E-state index in [1.54, 1.807) is 12.4 Å². The third-order valence-corrected chi connectivity index (χ3v) is 3.33. The maximum atomic E-state index is 5.36. The third-order valence-electron chi connectivity index (χ3n) is 2.79. The molecule has 94 valence electrons. The van der Waals surface area contributed by atoms with Crippen molar-refractivity contribution in [1.29, 1.82) is 0 Å². The fourth-order valence-corrected chi connectivity index (χ4v) is 2.27. The van der Waals surface area contributed by atoms with Crippen LogP contribution in [0.2, 0.25) is 0 Å². The van der Waals surface area contributed by atoms with E-state index in [0.717, 1.165) is 42.8 Å². The molecular weight excluding hydrogens is 250 g/mol. The highest BCUT2D eigenvalue weighted by Crippen LogP contribution is 2.24. The number of aromatic nitrogens is 4. The summed E-state index contributed by atoms with van der Waals surface area (Å²) in [5, 5.41) is 0.726. The second kappa shape index (κ2) is 5.03. The summed E-state index contributed by atoms with van der Waals surface area (Å²) in [7, 11) is 0. The number of hydrogen-bond donors (Lipinski definition) is 0. The predicted octanol–water partition coefficient (Wildman–Crippen LogP) is 0.978. The van der Waals surface area contributed by atoms with Gasteiger partial charge in [0.1, 0.15) is 0 Å². The highest BCUT2D eigenvalue weighted by atomic mass is 32.2. The Kier molecular flexibility index (Phi) is 3.24. The largest absolute Gasteiger partial charge is 0.378 e. The van der Waals surface area contributed by atoms with Gasteiger partial charge in [0, 0.05) is 25.5 Å². The van der Waals surface area contributed by atoms with E-state index in [-0.39, 0.29) is 0 Å². The number of morpholine rings is 1. The van der Waals surface area contributed by atoms with Crippen LogP contribution < -0.4 is 4.90 Å². The monoisotopic (exact) mass is 263 g/mol. The smallest absolute Gasteiger partial charge is 0.191 e. The number of nitrogens with zero attached hydrogens (tertiary/aromatic N) is 5. The van der Waals surface area contributed by atoms with Crippen LogP contribution in [-0.4, -0.2) is 52.5 Å². The van der Waals surface area contributed by atoms with Crippen molar-refractivity contribution in [3.8, 4) is 0 Å². The van der Waals surface area contributed by atoms with Crippen LogP contribution in [0.1, 0.15) is 0 Å². The van der Waals surface area contributed by atoms with Crippen LogP contribution in [0.3, 0.4) is 0 Å². The van der Waals surface area contributed by atoms with Gasteiger partial charge in [-0.3, -0.25) is 0 Å². The van der Waals surface area contributed by atoms with Crippen LogP contribution in [0.4, 0.5) is 5.82 Å². The maximum Gasteiger partial charge on any atom is 0.191 e. The highest BCUT2D eigenvalue weighted by molar-refractivity contribution is 7.98. The summed E-state index contributed by atoms with van der Waals surface area (Å²) in [6, 6.07) is 0. The number of ether oxygens (including phenoxy) is 1. The molecule has 1 aliphatic rings. The quantitative estimate of drug-likeness (QED) is 0.591. The molecule has 0 amide bonds. The molecule has 0 aliphatic carbocycles. The molecule has 2 aromatic rings. The van der Waals surface area contributed by atoms with Crippen LogP contribution in [0.25, 0.3) is 11.2 Å². The summed E-state index contributed by atoms with van der Waals surface area (Å²) in [6.07, 6.45) is 5.29. The Bertz CT molecular complexity index is 558. The minimum absolute atomic E-state index is 0.651. The van der Waals surface area contributed by atoms with Crippen molar-refractivity contribution >= 4 is 28.7 Å². The fourth-order valence-electron chi connectivity index (χ4n) is 1.92. The van der Waals surface area contributed by atoms with Gasteiger partial charge in [-0.05, 0) is 6.26 Å². The number of anilines is 1. The first-order chi connectivity index (χ1) is 8.88. The molecule has 1 saturated heterocycles. The van der Waals surface area contributed by atoms with Crippen LogP contribution in [0.15, 0.2) is 17.6 Å². The number of rotatable bonds is 2. The lowest BCUT2D eigenvalue weighted by atomic mass is 10.3. The summed E-state index contributed by atoms with van der Waals surface area (Å²) in [5.41, 5.74) is 1.41. The van der Waals surface area contributed by atoms with E-state index >= 15 is 0 Å². The first-order valence-electron chi connectivity index (χ1n) is 5.74. The second-order valence-corrected chi connectivity index (χ2v) is 4.64. The topological polar surface area (TPSA) is 64.0 Å². The molecular formula is C11H13N5OS. The number of thioether (sulfide) groups is 1. The molecule has 0 spiro atoms. The van der Waals surface area contributed by atoms with Gasteiger partial charge in [-0.1, -0.05) is 11.8 Å². The third kappa shape index (κ3) is 2.11. The van der Waals surface area contributed by atoms with Crippen molar-refractivity contribution in [2.45, 2.75) is 5.16 Å². The summed E-state index contributed by atoms with van der Waals surface area (Å²) >= 11 is 1.51. The number of fused-ring (bicyclic) bond motifs is 1. The summed E-state index contributed by atoms with van der Waals surface area (Å²) < 4.78 is 5.36. The Hall–Kier alpha value is -1.47. The molecule has 6 nitrogen and oxygen atoms in total. The van der Waals surface area contributed by atoms with Gasteiger partial charge in [-0.25, -0.2) is 19.9 Å². The van der Waals surface area contributed by atoms with Crippen LogP contribution >= 0.6 is 11.8 Å². The van der Waals surface area contributed by atoms with Gasteiger partial charge in [-0.15, -0.1) is 0 Å². The Balaban J connectivity index is 2.12. The molecule has 3 rings (SSSR count). The summed E-state index contributed by atoms with van der Waals surface area (Å²) in [4.78, 5) is 19.7. The minimum atomic E-state index is 0.651. The lowest BCUT2D eigenvalue weighted by Gasteiger charge is -2.28. The molecule has 0 saturated carbocycles. The Morgan fingerprint density at radius 1 is 1.17 bits per heavy atom. The normalized spacial score (nSPS) is 16.2. The molecule has 0 N–H and O–H groups in total. The molecule has 7 heteroatoms. The van der Waals surface area contributed by atoms with Gasteiger partial charge in [0.25, 0.3) is 0 Å². The Morgan fingerprint density at radius 2 is 1.94 bits per heavy atom. The molecule has 1 fully saturated rings. The van der Waals surface area contributed by atoms with E-state index in [4.69, 9.17) is 4.74 Å². The van der Waals surface area contributed by atoms with Gasteiger partial charge >= 0.3 is 0 Å². The lowest BCUT2D eigenvalue weighted by molar-refractivity contribution is 0.122. The molecule has 0 unspecified atom stereocenters. The van der Waals surface area contributed by atoms with Crippen LogP contribution in [0, 0.1) is 0 Å². The van der Waals surface area contributed by atoms with Crippen molar-refractivity contribution in [3.05, 3.63) is 12.4 Å². The van der Waals surface area contributed by atoms with E-state index in [1.807, 2.05) is 6.26 Å². The zero-order valence-corrected chi connectivity index (χ0v) is 10.9. The van der Waals surface area contributed by atoms with E-state index in [2.05, 4.69) is 24.8 Å². The molecule has 0 bridgehead atoms. The molecule has 0 radical (unpaired) electrons. The average Bonchev–Trinajstić information content (AvgIpc) is 2.47. The van der Waals surface area contributed by atoms with Gasteiger partial charge in [0.2, 0.25) is 0 Å². The van der Waals surface area contributed by atoms with Gasteiger partial charge < -0.3 is 9.64 Å². The Labute approximate surface area is 109 Å². The first-order valence-corrected chi connectivity index (χ1v) is 6.96. The van der Waals surface area contributed by atoms with Crippen molar-refractivity contribution in [2.75, 3.05) is 37.5 Å². The average molecular weight is 263 g/mol. The second-order valence-electron chi connectivity index (χ2n) is 3.86. The number of hydrogen-bond acceptors (Lipinski definition) is 7. The predicted molar refractivity (Wildman–Crippen MR) is 69.9 cm³/mol. The Morgan fingerprint density at radius 3 is 2.72 bits per heavy atom. The van der Waals surface area contributed by atoms with E-state index in [0.29, 0.717) is 5.65 Å². The molecule has 2 aromatic heterocycles. The van der Waals surface area contributed by atoms with E-state index < -0.39 is 0 Å². The SMILES string of the molecule is CSc1nc(N2CCOCC2)c2nccnc2n1.